The molecule has 0 saturated heterocycles. The molecular formula is C17H19NO4. The molecule has 0 spiro atoms. The zero-order valence-corrected chi connectivity index (χ0v) is 12.1. The van der Waals surface area contributed by atoms with Gasteiger partial charge < -0.3 is 20.1 Å². The van der Waals surface area contributed by atoms with Crippen LogP contribution in [0.25, 0.3) is 0 Å². The number of hydrogen-bond donors (Lipinski definition) is 4. The van der Waals surface area contributed by atoms with Crippen LogP contribution < -0.4 is 10.5 Å². The van der Waals surface area contributed by atoms with Gasteiger partial charge >= 0.3 is 0 Å². The molecular weight excluding hydrogens is 282 g/mol. The summed E-state index contributed by atoms with van der Waals surface area (Å²) in [5, 5.41) is 29.1. The highest BCUT2D eigenvalue weighted by molar-refractivity contribution is 5.44. The van der Waals surface area contributed by atoms with E-state index in [0.29, 0.717) is 25.0 Å². The lowest BCUT2D eigenvalue weighted by Gasteiger charge is -2.14. The van der Waals surface area contributed by atoms with Gasteiger partial charge in [-0.2, -0.15) is 0 Å². The van der Waals surface area contributed by atoms with E-state index < -0.39 is 12.3 Å². The molecule has 1 heterocycles. The first kappa shape index (κ1) is 14.7. The molecule has 0 aliphatic carbocycles. The quantitative estimate of drug-likeness (QED) is 0.638. The van der Waals surface area contributed by atoms with Crippen LogP contribution in [0.5, 0.6) is 17.2 Å². The molecule has 0 saturated carbocycles. The number of fused-ring (bicyclic) bond motifs is 1. The fourth-order valence-electron chi connectivity index (χ4n) is 2.69. The number of hydrogen-bond acceptors (Lipinski definition) is 5. The van der Waals surface area contributed by atoms with Crippen LogP contribution in [0, 0.1) is 0 Å². The Morgan fingerprint density at radius 3 is 2.50 bits per heavy atom. The highest BCUT2D eigenvalue weighted by Gasteiger charge is 2.21. The first-order chi connectivity index (χ1) is 10.5. The molecule has 5 N–H and O–H groups in total. The minimum atomic E-state index is -0.586. The Balaban J connectivity index is 1.88. The summed E-state index contributed by atoms with van der Waals surface area (Å²) in [4.78, 5) is 0. The molecule has 0 bridgehead atoms. The summed E-state index contributed by atoms with van der Waals surface area (Å²) < 4.78 is 5.61. The molecule has 2 unspecified atom stereocenters. The lowest BCUT2D eigenvalue weighted by atomic mass is 9.98. The van der Waals surface area contributed by atoms with Crippen LogP contribution in [0.15, 0.2) is 36.4 Å². The lowest BCUT2D eigenvalue weighted by molar-refractivity contribution is 0.155. The predicted molar refractivity (Wildman–Crippen MR) is 81.8 cm³/mol. The van der Waals surface area contributed by atoms with Crippen molar-refractivity contribution in [1.29, 1.82) is 0 Å². The van der Waals surface area contributed by atoms with Crippen LogP contribution in [-0.4, -0.2) is 21.5 Å². The summed E-state index contributed by atoms with van der Waals surface area (Å²) in [5.74, 6) is 0.347. The van der Waals surface area contributed by atoms with Crippen molar-refractivity contribution in [2.45, 2.75) is 31.6 Å². The second-order valence-corrected chi connectivity index (χ2v) is 5.62. The number of phenols is 2. The summed E-state index contributed by atoms with van der Waals surface area (Å²) in [6, 6.07) is 10.4. The van der Waals surface area contributed by atoms with Gasteiger partial charge in [0.25, 0.3) is 0 Å². The summed E-state index contributed by atoms with van der Waals surface area (Å²) in [6.45, 7) is 0. The third-order valence-electron chi connectivity index (χ3n) is 3.88. The average molecular weight is 301 g/mol. The zero-order valence-electron chi connectivity index (χ0n) is 12.1. The molecule has 5 heteroatoms. The van der Waals surface area contributed by atoms with Crippen molar-refractivity contribution in [3.8, 4) is 17.2 Å². The minimum absolute atomic E-state index is 0.136. The van der Waals surface area contributed by atoms with Crippen molar-refractivity contribution in [2.24, 2.45) is 5.73 Å². The molecule has 116 valence electrons. The van der Waals surface area contributed by atoms with Crippen LogP contribution in [0.3, 0.4) is 0 Å². The number of aliphatic hydroxyl groups is 1. The number of nitrogens with two attached hydrogens (primary N) is 1. The van der Waals surface area contributed by atoms with E-state index in [0.717, 1.165) is 16.7 Å². The van der Waals surface area contributed by atoms with E-state index in [1.54, 1.807) is 6.07 Å². The Morgan fingerprint density at radius 1 is 1.00 bits per heavy atom. The van der Waals surface area contributed by atoms with E-state index in [9.17, 15) is 15.3 Å². The van der Waals surface area contributed by atoms with Gasteiger partial charge in [0, 0.05) is 12.0 Å². The molecule has 1 aliphatic rings. The van der Waals surface area contributed by atoms with E-state index >= 15 is 0 Å². The Morgan fingerprint density at radius 2 is 1.73 bits per heavy atom. The Bertz CT molecular complexity index is 686. The van der Waals surface area contributed by atoms with Crippen molar-refractivity contribution < 1.29 is 20.1 Å². The number of phenolic OH excluding ortho intramolecular Hbond substituents is 2. The summed E-state index contributed by atoms with van der Waals surface area (Å²) in [6.07, 6.45) is 0.779. The molecule has 2 aromatic rings. The summed E-state index contributed by atoms with van der Waals surface area (Å²) in [7, 11) is 0. The maximum atomic E-state index is 10.2. The Hall–Kier alpha value is -2.24. The number of aliphatic hydroxyl groups excluding tert-OH is 1. The Kier molecular flexibility index (Phi) is 3.92. The molecule has 0 aromatic heterocycles. The molecule has 0 radical (unpaired) electrons. The summed E-state index contributed by atoms with van der Waals surface area (Å²) in [5.41, 5.74) is 8.42. The smallest absolute Gasteiger partial charge is 0.157 e. The van der Waals surface area contributed by atoms with Crippen molar-refractivity contribution >= 4 is 0 Å². The fraction of sp³-hybridized carbons (Fsp3) is 0.294. The van der Waals surface area contributed by atoms with Gasteiger partial charge in [-0.05, 0) is 48.2 Å². The fourth-order valence-corrected chi connectivity index (χ4v) is 2.69. The standard InChI is InChI=1S/C17H19NO4/c18-17-6-4-13(19)12-8-10(2-5-16(12)22-17)7-11-1-3-14(20)15(21)9-11/h1-3,5,8-9,13,17,19-21H,4,6-7,18H2. The second kappa shape index (κ2) is 5.87. The van der Waals surface area contributed by atoms with Crippen molar-refractivity contribution in [3.05, 3.63) is 53.1 Å². The molecule has 1 aliphatic heterocycles. The van der Waals surface area contributed by atoms with Gasteiger partial charge in [-0.1, -0.05) is 12.1 Å². The van der Waals surface area contributed by atoms with E-state index in [-0.39, 0.29) is 11.5 Å². The van der Waals surface area contributed by atoms with E-state index in [2.05, 4.69) is 0 Å². The van der Waals surface area contributed by atoms with Gasteiger partial charge in [-0.15, -0.1) is 0 Å². The first-order valence-electron chi connectivity index (χ1n) is 7.27. The minimum Gasteiger partial charge on any atom is -0.504 e. The van der Waals surface area contributed by atoms with Gasteiger partial charge in [0.2, 0.25) is 0 Å². The zero-order chi connectivity index (χ0) is 15.7. The molecule has 22 heavy (non-hydrogen) atoms. The van der Waals surface area contributed by atoms with Crippen molar-refractivity contribution in [1.82, 2.24) is 0 Å². The van der Waals surface area contributed by atoms with Crippen LogP contribution in [0.1, 0.15) is 35.6 Å². The highest BCUT2D eigenvalue weighted by Crippen LogP contribution is 2.34. The second-order valence-electron chi connectivity index (χ2n) is 5.62. The van der Waals surface area contributed by atoms with Crippen molar-refractivity contribution in [3.63, 3.8) is 0 Å². The third kappa shape index (κ3) is 3.00. The molecule has 2 aromatic carbocycles. The number of rotatable bonds is 2. The van der Waals surface area contributed by atoms with Crippen LogP contribution in [0.4, 0.5) is 0 Å². The van der Waals surface area contributed by atoms with E-state index in [1.807, 2.05) is 18.2 Å². The van der Waals surface area contributed by atoms with E-state index in [1.165, 1.54) is 12.1 Å². The predicted octanol–water partition coefficient (Wildman–Crippen LogP) is 2.18. The maximum absolute atomic E-state index is 10.2. The highest BCUT2D eigenvalue weighted by atomic mass is 16.5. The van der Waals surface area contributed by atoms with Gasteiger partial charge in [0.05, 0.1) is 6.10 Å². The van der Waals surface area contributed by atoms with Gasteiger partial charge in [-0.25, -0.2) is 0 Å². The van der Waals surface area contributed by atoms with Crippen molar-refractivity contribution in [2.75, 3.05) is 0 Å². The average Bonchev–Trinajstić information content (AvgIpc) is 2.63. The van der Waals surface area contributed by atoms with Gasteiger partial charge in [-0.3, -0.25) is 5.73 Å². The molecule has 2 atom stereocenters. The number of ether oxygens (including phenoxy) is 1. The van der Waals surface area contributed by atoms with Gasteiger partial charge in [0.15, 0.2) is 11.5 Å². The molecule has 3 rings (SSSR count). The molecule has 0 amide bonds. The Labute approximate surface area is 128 Å². The lowest BCUT2D eigenvalue weighted by Crippen LogP contribution is -2.25. The van der Waals surface area contributed by atoms with Crippen LogP contribution in [0.2, 0.25) is 0 Å². The van der Waals surface area contributed by atoms with Crippen LogP contribution >= 0.6 is 0 Å². The normalized spacial score (nSPS) is 20.8. The maximum Gasteiger partial charge on any atom is 0.157 e. The topological polar surface area (TPSA) is 95.9 Å². The largest absolute Gasteiger partial charge is 0.504 e. The van der Waals surface area contributed by atoms with E-state index in [4.69, 9.17) is 10.5 Å². The third-order valence-corrected chi connectivity index (χ3v) is 3.88. The molecule has 5 nitrogen and oxygen atoms in total. The SMILES string of the molecule is NC1CCC(O)c2cc(Cc3ccc(O)c(O)c3)ccc2O1. The van der Waals surface area contributed by atoms with Gasteiger partial charge in [0.1, 0.15) is 12.0 Å². The summed E-state index contributed by atoms with van der Waals surface area (Å²) >= 11 is 0. The number of benzene rings is 2. The monoisotopic (exact) mass is 301 g/mol. The molecule has 0 fully saturated rings. The number of aromatic hydroxyl groups is 2. The first-order valence-corrected chi connectivity index (χ1v) is 7.27. The van der Waals surface area contributed by atoms with Crippen LogP contribution in [-0.2, 0) is 6.42 Å².